The van der Waals surface area contributed by atoms with Crippen LogP contribution in [0, 0.1) is 17.8 Å². The first-order chi connectivity index (χ1) is 14.3. The van der Waals surface area contributed by atoms with Crippen LogP contribution in [0.15, 0.2) is 12.3 Å². The molecule has 0 saturated heterocycles. The first kappa shape index (κ1) is 37.5. The van der Waals surface area contributed by atoms with Gasteiger partial charge in [-0.15, -0.1) is 0 Å². The molecule has 32 heavy (non-hydrogen) atoms. The molecule has 192 valence electrons. The normalized spacial score (nSPS) is 12.9. The third kappa shape index (κ3) is 20.1. The summed E-state index contributed by atoms with van der Waals surface area (Å²) in [4.78, 5) is 35.4. The number of rotatable bonds is 16. The minimum absolute atomic E-state index is 0. The van der Waals surface area contributed by atoms with E-state index in [1.54, 1.807) is 20.0 Å². The van der Waals surface area contributed by atoms with Gasteiger partial charge in [0.1, 0.15) is 5.78 Å². The maximum absolute atomic E-state index is 12.1. The summed E-state index contributed by atoms with van der Waals surface area (Å²) in [6.45, 7) is 7.85. The van der Waals surface area contributed by atoms with E-state index in [0.717, 1.165) is 57.6 Å². The fourth-order valence-electron chi connectivity index (χ4n) is 3.44. The second-order valence-corrected chi connectivity index (χ2v) is 7.98. The fourth-order valence-corrected chi connectivity index (χ4v) is 3.44. The van der Waals surface area contributed by atoms with Crippen LogP contribution in [0.1, 0.15) is 113 Å². The van der Waals surface area contributed by atoms with Crippen molar-refractivity contribution in [3.05, 3.63) is 12.3 Å². The van der Waals surface area contributed by atoms with Crippen LogP contribution in [0.4, 0.5) is 0 Å². The summed E-state index contributed by atoms with van der Waals surface area (Å²) in [6.07, 6.45) is 12.3. The van der Waals surface area contributed by atoms with Gasteiger partial charge < -0.3 is 16.2 Å². The van der Waals surface area contributed by atoms with Gasteiger partial charge in [-0.3, -0.25) is 14.4 Å². The molecule has 4 N–H and O–H groups in total. The van der Waals surface area contributed by atoms with Crippen LogP contribution in [0.5, 0.6) is 0 Å². The van der Waals surface area contributed by atoms with Crippen LogP contribution in [0.25, 0.3) is 0 Å². The summed E-state index contributed by atoms with van der Waals surface area (Å²) in [7, 11) is 1.63. The van der Waals surface area contributed by atoms with E-state index in [1.807, 2.05) is 0 Å². The highest BCUT2D eigenvalue weighted by atomic mass is 16.2. The predicted octanol–water partition coefficient (Wildman–Crippen LogP) is 6.34. The Labute approximate surface area is 198 Å². The minimum Gasteiger partial charge on any atom is -0.516 e. The van der Waals surface area contributed by atoms with Crippen molar-refractivity contribution in [2.75, 3.05) is 7.05 Å². The Hall–Kier alpha value is -1.85. The molecule has 0 aliphatic rings. The second-order valence-electron chi connectivity index (χ2n) is 7.98. The summed E-state index contributed by atoms with van der Waals surface area (Å²) in [5.74, 6) is -0.354. The van der Waals surface area contributed by atoms with Gasteiger partial charge in [-0.1, -0.05) is 67.4 Å². The smallest absolute Gasteiger partial charge is 0.222 e. The van der Waals surface area contributed by atoms with E-state index in [9.17, 15) is 14.4 Å². The number of unbranched alkanes of at least 4 members (excludes halogenated alkanes) is 2. The van der Waals surface area contributed by atoms with E-state index >= 15 is 0 Å². The number of aliphatic hydroxyl groups excluding tert-OH is 1. The van der Waals surface area contributed by atoms with Crippen molar-refractivity contribution >= 4 is 17.6 Å². The zero-order valence-corrected chi connectivity index (χ0v) is 19.9. The summed E-state index contributed by atoms with van der Waals surface area (Å²) in [6, 6.07) is 0. The van der Waals surface area contributed by atoms with Crippen molar-refractivity contribution in [1.82, 2.24) is 5.32 Å². The average molecular weight is 459 g/mol. The number of Topliss-reactive ketones (excluding diaryl/α,β-unsaturated/α-hetero) is 1. The number of nitrogens with one attached hydrogen (secondary N) is 1. The van der Waals surface area contributed by atoms with E-state index < -0.39 is 0 Å². The van der Waals surface area contributed by atoms with Gasteiger partial charge in [-0.2, -0.15) is 0 Å². The molecule has 0 aromatic carbocycles. The van der Waals surface area contributed by atoms with E-state index in [1.165, 1.54) is 0 Å². The van der Waals surface area contributed by atoms with Crippen LogP contribution in [-0.2, 0) is 14.4 Å². The molecule has 3 unspecified atom stereocenters. The Morgan fingerprint density at radius 3 is 1.72 bits per heavy atom. The molecule has 6 nitrogen and oxygen atoms in total. The first-order valence-electron chi connectivity index (χ1n) is 11.6. The van der Waals surface area contributed by atoms with Crippen LogP contribution in [0.2, 0.25) is 0 Å². The average Bonchev–Trinajstić information content (AvgIpc) is 2.72. The van der Waals surface area contributed by atoms with Gasteiger partial charge in [0.2, 0.25) is 11.8 Å². The zero-order chi connectivity index (χ0) is 23.4. The molecule has 0 aromatic rings. The highest BCUT2D eigenvalue weighted by Crippen LogP contribution is 2.24. The lowest BCUT2D eigenvalue weighted by molar-refractivity contribution is -0.127. The molecule has 0 spiro atoms. The van der Waals surface area contributed by atoms with Gasteiger partial charge in [0.25, 0.3) is 0 Å². The number of ketones is 1. The number of carbonyl (C=O) groups is 3. The van der Waals surface area contributed by atoms with Crippen LogP contribution in [-0.4, -0.2) is 29.8 Å². The molecule has 0 rings (SSSR count). The van der Waals surface area contributed by atoms with Gasteiger partial charge >= 0.3 is 0 Å². The zero-order valence-electron chi connectivity index (χ0n) is 19.9. The lowest BCUT2D eigenvalue weighted by Crippen LogP contribution is -2.30. The van der Waals surface area contributed by atoms with Crippen molar-refractivity contribution in [2.24, 2.45) is 23.5 Å². The predicted molar refractivity (Wildman–Crippen MR) is 137 cm³/mol. The van der Waals surface area contributed by atoms with Crippen LogP contribution in [0.3, 0.4) is 0 Å². The summed E-state index contributed by atoms with van der Waals surface area (Å²) >= 11 is 0. The summed E-state index contributed by atoms with van der Waals surface area (Å²) in [5, 5.41) is 10.7. The molecule has 0 aromatic heterocycles. The van der Waals surface area contributed by atoms with Crippen molar-refractivity contribution in [3.63, 3.8) is 0 Å². The number of hydrogen-bond donors (Lipinski definition) is 3. The Balaban J connectivity index is -0.000000429. The standard InChI is InChI=1S/C19H36N2O3.C5H10O.2CH4/c1-5-7-9-16(18(20)23)11-13-17(19(24)21-4)12-10-15(8-6-2)14(3)22;1-2-3-4-5-6;;/h15-17H,5-13H2,1-4H3,(H2,20,23)(H,21,24);4-6H,2-3H2,1H3;2*1H4. The molecule has 0 aliphatic heterocycles. The highest BCUT2D eigenvalue weighted by Gasteiger charge is 2.24. The Morgan fingerprint density at radius 2 is 1.38 bits per heavy atom. The van der Waals surface area contributed by atoms with Gasteiger partial charge in [0, 0.05) is 24.8 Å². The summed E-state index contributed by atoms with van der Waals surface area (Å²) in [5.41, 5.74) is 5.49. The van der Waals surface area contributed by atoms with E-state index in [0.29, 0.717) is 19.3 Å². The highest BCUT2D eigenvalue weighted by molar-refractivity contribution is 5.80. The molecule has 0 aliphatic carbocycles. The molecular weight excluding hydrogens is 404 g/mol. The third-order valence-electron chi connectivity index (χ3n) is 5.43. The first-order valence-corrected chi connectivity index (χ1v) is 11.6. The number of amides is 2. The van der Waals surface area contributed by atoms with Gasteiger partial charge in [-0.25, -0.2) is 0 Å². The molecule has 0 fully saturated rings. The fraction of sp³-hybridized carbons (Fsp3) is 0.808. The Morgan fingerprint density at radius 1 is 0.844 bits per heavy atom. The van der Waals surface area contributed by atoms with E-state index in [-0.39, 0.29) is 50.2 Å². The quantitative estimate of drug-likeness (QED) is 0.234. The third-order valence-corrected chi connectivity index (χ3v) is 5.43. The van der Waals surface area contributed by atoms with Gasteiger partial charge in [0.05, 0.1) is 6.26 Å². The largest absolute Gasteiger partial charge is 0.516 e. The van der Waals surface area contributed by atoms with Crippen molar-refractivity contribution in [1.29, 1.82) is 0 Å². The number of primary amides is 1. The van der Waals surface area contributed by atoms with Gasteiger partial charge in [0.15, 0.2) is 0 Å². The number of aliphatic hydroxyl groups is 1. The molecule has 3 atom stereocenters. The van der Waals surface area contributed by atoms with Crippen molar-refractivity contribution in [2.45, 2.75) is 113 Å². The molecule has 6 heteroatoms. The molecule has 0 bridgehead atoms. The van der Waals surface area contributed by atoms with E-state index in [2.05, 4.69) is 26.1 Å². The second kappa shape index (κ2) is 25.4. The molecule has 2 amide bonds. The number of allylic oxidation sites excluding steroid dienone is 1. The van der Waals surface area contributed by atoms with Gasteiger partial charge in [-0.05, 0) is 51.9 Å². The van der Waals surface area contributed by atoms with Crippen molar-refractivity contribution < 1.29 is 19.5 Å². The van der Waals surface area contributed by atoms with Crippen LogP contribution < -0.4 is 11.1 Å². The number of hydrogen-bond acceptors (Lipinski definition) is 4. The lowest BCUT2D eigenvalue weighted by Gasteiger charge is -2.21. The molecule has 0 heterocycles. The number of carbonyl (C=O) groups excluding carboxylic acids is 3. The number of nitrogens with two attached hydrogens (primary N) is 1. The van der Waals surface area contributed by atoms with Crippen LogP contribution >= 0.6 is 0 Å². The SMILES string of the molecule is C.C.CCCC=CO.CCCCC(CCC(CCC(CCC)C(C)=O)C(=O)NC)C(N)=O. The maximum atomic E-state index is 12.1. The Kier molecular flexibility index (Phi) is 29.8. The monoisotopic (exact) mass is 458 g/mol. The minimum atomic E-state index is -0.272. The topological polar surface area (TPSA) is 109 Å². The Bertz CT molecular complexity index is 492. The molecule has 0 saturated carbocycles. The van der Waals surface area contributed by atoms with E-state index in [4.69, 9.17) is 10.8 Å². The molecular formula is C26H54N2O4. The maximum Gasteiger partial charge on any atom is 0.222 e. The molecule has 0 radical (unpaired) electrons. The lowest BCUT2D eigenvalue weighted by atomic mass is 9.85. The van der Waals surface area contributed by atoms with Crippen molar-refractivity contribution in [3.8, 4) is 0 Å². The summed E-state index contributed by atoms with van der Waals surface area (Å²) < 4.78 is 0.